The maximum absolute atomic E-state index is 13.3. The first-order valence-corrected chi connectivity index (χ1v) is 13.3. The second-order valence-electron chi connectivity index (χ2n) is 8.02. The zero-order valence-electron chi connectivity index (χ0n) is 17.5. The van der Waals surface area contributed by atoms with Crippen LogP contribution in [0.25, 0.3) is 0 Å². The summed E-state index contributed by atoms with van der Waals surface area (Å²) in [4.78, 5) is 25.1. The molecule has 0 fully saturated rings. The number of rotatable bonds is 9. The van der Waals surface area contributed by atoms with Gasteiger partial charge in [0.2, 0.25) is 0 Å². The third-order valence-corrected chi connectivity index (χ3v) is 6.05. The molecule has 9 heteroatoms. The molecule has 0 aliphatic carbocycles. The second kappa shape index (κ2) is 9.61. The molecular weight excluding hydrogens is 415 g/mol. The molecule has 0 N–H and O–H groups in total. The Bertz CT molecular complexity index is 900. The fourth-order valence-corrected chi connectivity index (χ4v) is 3.50. The summed E-state index contributed by atoms with van der Waals surface area (Å²) in [7, 11) is -1.31. The van der Waals surface area contributed by atoms with E-state index in [1.54, 1.807) is 6.92 Å². The van der Waals surface area contributed by atoms with Crippen LogP contribution in [0.15, 0.2) is 36.5 Å². The first-order valence-electron chi connectivity index (χ1n) is 9.60. The second-order valence-corrected chi connectivity index (χ2v) is 13.6. The van der Waals surface area contributed by atoms with Crippen LogP contribution in [-0.4, -0.2) is 37.6 Å². The zero-order valence-corrected chi connectivity index (χ0v) is 18.5. The number of ether oxygens (including phenoxy) is 2. The molecule has 1 aromatic heterocycles. The van der Waals surface area contributed by atoms with Crippen LogP contribution in [0, 0.1) is 0 Å². The molecule has 1 heterocycles. The van der Waals surface area contributed by atoms with Crippen LogP contribution in [0.4, 0.5) is 13.2 Å². The van der Waals surface area contributed by atoms with E-state index in [0.717, 1.165) is 18.2 Å². The van der Waals surface area contributed by atoms with Crippen LogP contribution >= 0.6 is 0 Å². The standard InChI is InChI=1S/C21H26F3NO4Si/c1-5-29-20(27)18-12-15(13-25(18)14-28-10-11-30(2,3)4)19(26)16-8-6-7-9-17(16)21(22,23)24/h6-9,12-13H,5,10-11,14H2,1-4H3. The minimum absolute atomic E-state index is 0.00712. The summed E-state index contributed by atoms with van der Waals surface area (Å²) in [6.45, 7) is 8.84. The number of ketones is 1. The summed E-state index contributed by atoms with van der Waals surface area (Å²) in [5.41, 5.74) is -1.48. The SMILES string of the molecule is CCOC(=O)c1cc(C(=O)c2ccccc2C(F)(F)F)cn1COCC[Si](C)(C)C. The number of nitrogens with zero attached hydrogens (tertiary/aromatic N) is 1. The highest BCUT2D eigenvalue weighted by Gasteiger charge is 2.35. The summed E-state index contributed by atoms with van der Waals surface area (Å²) in [6, 6.07) is 6.72. The van der Waals surface area contributed by atoms with E-state index < -0.39 is 37.1 Å². The summed E-state index contributed by atoms with van der Waals surface area (Å²) >= 11 is 0. The van der Waals surface area contributed by atoms with Crippen molar-refractivity contribution in [3.05, 3.63) is 58.9 Å². The zero-order chi connectivity index (χ0) is 22.5. The molecule has 164 valence electrons. The Morgan fingerprint density at radius 3 is 2.40 bits per heavy atom. The van der Waals surface area contributed by atoms with Gasteiger partial charge in [-0.25, -0.2) is 4.79 Å². The number of hydrogen-bond acceptors (Lipinski definition) is 4. The molecule has 1 aromatic carbocycles. The topological polar surface area (TPSA) is 57.5 Å². The highest BCUT2D eigenvalue weighted by atomic mass is 28.3. The van der Waals surface area contributed by atoms with E-state index in [1.165, 1.54) is 29.0 Å². The minimum atomic E-state index is -4.67. The predicted molar refractivity (Wildman–Crippen MR) is 109 cm³/mol. The van der Waals surface area contributed by atoms with Gasteiger partial charge in [-0.05, 0) is 25.1 Å². The number of carbonyl (C=O) groups excluding carboxylic acids is 2. The van der Waals surface area contributed by atoms with Gasteiger partial charge in [0, 0.05) is 32.0 Å². The Morgan fingerprint density at radius 2 is 1.80 bits per heavy atom. The summed E-state index contributed by atoms with van der Waals surface area (Å²) in [6.07, 6.45) is -3.34. The lowest BCUT2D eigenvalue weighted by Gasteiger charge is -2.16. The largest absolute Gasteiger partial charge is 0.461 e. The average Bonchev–Trinajstić information content (AvgIpc) is 3.08. The van der Waals surface area contributed by atoms with Gasteiger partial charge in [-0.15, -0.1) is 0 Å². The Morgan fingerprint density at radius 1 is 1.13 bits per heavy atom. The highest BCUT2D eigenvalue weighted by Crippen LogP contribution is 2.33. The van der Waals surface area contributed by atoms with Crippen molar-refractivity contribution in [3.8, 4) is 0 Å². The van der Waals surface area contributed by atoms with E-state index in [4.69, 9.17) is 9.47 Å². The average molecular weight is 442 g/mol. The van der Waals surface area contributed by atoms with Crippen LogP contribution in [-0.2, 0) is 22.4 Å². The van der Waals surface area contributed by atoms with Gasteiger partial charge in [-0.1, -0.05) is 37.8 Å². The summed E-state index contributed by atoms with van der Waals surface area (Å²) < 4.78 is 51.9. The van der Waals surface area contributed by atoms with E-state index >= 15 is 0 Å². The molecule has 0 saturated carbocycles. The van der Waals surface area contributed by atoms with Crippen molar-refractivity contribution in [3.63, 3.8) is 0 Å². The van der Waals surface area contributed by atoms with Gasteiger partial charge < -0.3 is 14.0 Å². The Kier molecular flexibility index (Phi) is 7.65. The number of carbonyl (C=O) groups is 2. The normalized spacial score (nSPS) is 12.1. The van der Waals surface area contributed by atoms with Crippen LogP contribution in [0.2, 0.25) is 25.7 Å². The molecule has 30 heavy (non-hydrogen) atoms. The fourth-order valence-electron chi connectivity index (χ4n) is 2.74. The van der Waals surface area contributed by atoms with Crippen molar-refractivity contribution >= 4 is 19.8 Å². The van der Waals surface area contributed by atoms with E-state index in [1.807, 2.05) is 0 Å². The maximum Gasteiger partial charge on any atom is 0.417 e. The number of esters is 1. The lowest BCUT2D eigenvalue weighted by Crippen LogP contribution is -2.22. The number of halogens is 3. The van der Waals surface area contributed by atoms with Crippen LogP contribution in [0.3, 0.4) is 0 Å². The Labute approximate surface area is 174 Å². The highest BCUT2D eigenvalue weighted by molar-refractivity contribution is 6.76. The molecule has 2 aromatic rings. The van der Waals surface area contributed by atoms with Crippen molar-refractivity contribution in [1.82, 2.24) is 4.57 Å². The maximum atomic E-state index is 13.3. The molecule has 2 rings (SSSR count). The van der Waals surface area contributed by atoms with Crippen LogP contribution in [0.5, 0.6) is 0 Å². The quantitative estimate of drug-likeness (QED) is 0.232. The predicted octanol–water partition coefficient (Wildman–Crippen LogP) is 5.23. The number of benzene rings is 1. The van der Waals surface area contributed by atoms with Crippen LogP contribution < -0.4 is 0 Å². The van der Waals surface area contributed by atoms with Crippen molar-refractivity contribution in [2.24, 2.45) is 0 Å². The Hall–Kier alpha value is -2.39. The van der Waals surface area contributed by atoms with Crippen molar-refractivity contribution < 1.29 is 32.2 Å². The summed E-state index contributed by atoms with van der Waals surface area (Å²) in [5.74, 6) is -1.50. The number of aromatic nitrogens is 1. The van der Waals surface area contributed by atoms with E-state index in [0.29, 0.717) is 6.61 Å². The van der Waals surface area contributed by atoms with Gasteiger partial charge >= 0.3 is 12.1 Å². The fraction of sp³-hybridized carbons (Fsp3) is 0.429. The molecule has 0 atom stereocenters. The third-order valence-electron chi connectivity index (χ3n) is 4.35. The molecule has 0 spiro atoms. The first kappa shape index (κ1) is 23.9. The molecule has 0 aliphatic rings. The van der Waals surface area contributed by atoms with Gasteiger partial charge in [0.15, 0.2) is 5.78 Å². The monoisotopic (exact) mass is 441 g/mol. The molecule has 0 amide bonds. The van der Waals surface area contributed by atoms with E-state index in [-0.39, 0.29) is 24.6 Å². The number of hydrogen-bond donors (Lipinski definition) is 0. The van der Waals surface area contributed by atoms with Gasteiger partial charge in [-0.3, -0.25) is 4.79 Å². The molecule has 0 saturated heterocycles. The lowest BCUT2D eigenvalue weighted by molar-refractivity contribution is -0.137. The molecule has 0 radical (unpaired) electrons. The Balaban J connectivity index is 2.33. The van der Waals surface area contributed by atoms with Crippen LogP contribution in [0.1, 0.15) is 38.9 Å². The minimum Gasteiger partial charge on any atom is -0.461 e. The van der Waals surface area contributed by atoms with Gasteiger partial charge in [0.1, 0.15) is 12.4 Å². The van der Waals surface area contributed by atoms with E-state index in [2.05, 4.69) is 19.6 Å². The third kappa shape index (κ3) is 6.30. The molecular formula is C21H26F3NO4Si. The summed E-state index contributed by atoms with van der Waals surface area (Å²) in [5, 5.41) is 0. The van der Waals surface area contributed by atoms with Gasteiger partial charge in [-0.2, -0.15) is 13.2 Å². The van der Waals surface area contributed by atoms with Crippen molar-refractivity contribution in [2.45, 2.75) is 45.5 Å². The molecule has 0 aliphatic heterocycles. The smallest absolute Gasteiger partial charge is 0.417 e. The molecule has 0 bridgehead atoms. The van der Waals surface area contributed by atoms with Crippen molar-refractivity contribution in [2.75, 3.05) is 13.2 Å². The molecule has 0 unspecified atom stereocenters. The lowest BCUT2D eigenvalue weighted by atomic mass is 9.99. The van der Waals surface area contributed by atoms with E-state index in [9.17, 15) is 22.8 Å². The van der Waals surface area contributed by atoms with Gasteiger partial charge in [0.25, 0.3) is 0 Å². The van der Waals surface area contributed by atoms with Gasteiger partial charge in [0.05, 0.1) is 12.2 Å². The van der Waals surface area contributed by atoms with Crippen molar-refractivity contribution in [1.29, 1.82) is 0 Å². The number of alkyl halides is 3. The first-order chi connectivity index (χ1) is 13.9. The molecule has 5 nitrogen and oxygen atoms in total.